The molecule has 6 heteroatoms. The molecule has 0 aliphatic carbocycles. The van der Waals surface area contributed by atoms with Gasteiger partial charge in [0, 0.05) is 16.1 Å². The van der Waals surface area contributed by atoms with Crippen molar-refractivity contribution in [1.82, 2.24) is 15.6 Å². The Hall–Kier alpha value is -3.70. The van der Waals surface area contributed by atoms with Gasteiger partial charge in [0.15, 0.2) is 0 Å². The number of nitrogens with zero attached hydrogens (tertiary/aromatic N) is 2. The number of hydrazone groups is 1. The normalized spacial score (nSPS) is 11.3. The Morgan fingerprint density at radius 2 is 1.53 bits per heavy atom. The summed E-state index contributed by atoms with van der Waals surface area (Å²) in [6.07, 6.45) is 0. The summed E-state index contributed by atoms with van der Waals surface area (Å²) in [6.45, 7) is 1.79. The first-order chi connectivity index (χ1) is 14.6. The Balaban J connectivity index is 1.46. The van der Waals surface area contributed by atoms with Gasteiger partial charge in [-0.25, -0.2) is 5.43 Å². The fraction of sp³-hybridized carbons (Fsp3) is 0.0417. The van der Waals surface area contributed by atoms with Crippen molar-refractivity contribution in [3.8, 4) is 22.4 Å². The summed E-state index contributed by atoms with van der Waals surface area (Å²) in [5, 5.41) is 11.7. The third-order valence-corrected chi connectivity index (χ3v) is 5.03. The minimum absolute atomic E-state index is 0.327. The van der Waals surface area contributed by atoms with Crippen LogP contribution < -0.4 is 5.43 Å². The Labute approximate surface area is 179 Å². The number of aromatic amines is 1. The van der Waals surface area contributed by atoms with Gasteiger partial charge in [-0.1, -0.05) is 84.4 Å². The van der Waals surface area contributed by atoms with Gasteiger partial charge in [-0.2, -0.15) is 10.2 Å². The lowest BCUT2D eigenvalue weighted by molar-refractivity contribution is 0.0950. The topological polar surface area (TPSA) is 70.1 Å². The third kappa shape index (κ3) is 4.31. The summed E-state index contributed by atoms with van der Waals surface area (Å²) < 4.78 is 0. The van der Waals surface area contributed by atoms with Gasteiger partial charge in [0.05, 0.1) is 11.4 Å². The smallest absolute Gasteiger partial charge is 0.272 e. The van der Waals surface area contributed by atoms with Gasteiger partial charge in [-0.3, -0.25) is 9.89 Å². The monoisotopic (exact) mass is 414 g/mol. The number of amides is 1. The maximum absolute atomic E-state index is 12.4. The highest BCUT2D eigenvalue weighted by atomic mass is 35.5. The second-order valence-electron chi connectivity index (χ2n) is 6.73. The number of rotatable bonds is 5. The molecule has 0 bridgehead atoms. The Morgan fingerprint density at radius 3 is 2.27 bits per heavy atom. The van der Waals surface area contributed by atoms with Crippen LogP contribution in [0.5, 0.6) is 0 Å². The van der Waals surface area contributed by atoms with E-state index in [0.717, 1.165) is 22.3 Å². The summed E-state index contributed by atoms with van der Waals surface area (Å²) in [5.74, 6) is -0.374. The second kappa shape index (κ2) is 8.76. The molecule has 1 amide bonds. The van der Waals surface area contributed by atoms with Crippen LogP contribution in [0.3, 0.4) is 0 Å². The molecule has 1 aromatic heterocycles. The number of halogens is 1. The second-order valence-corrected chi connectivity index (χ2v) is 7.14. The van der Waals surface area contributed by atoms with Gasteiger partial charge >= 0.3 is 0 Å². The fourth-order valence-corrected chi connectivity index (χ4v) is 3.33. The molecule has 0 aliphatic rings. The molecule has 3 aromatic carbocycles. The molecular weight excluding hydrogens is 396 g/mol. The highest BCUT2D eigenvalue weighted by molar-refractivity contribution is 6.34. The van der Waals surface area contributed by atoms with Gasteiger partial charge in [-0.05, 0) is 30.2 Å². The van der Waals surface area contributed by atoms with Crippen molar-refractivity contribution in [1.29, 1.82) is 0 Å². The van der Waals surface area contributed by atoms with Crippen molar-refractivity contribution in [3.05, 3.63) is 101 Å². The minimum atomic E-state index is -0.374. The maximum atomic E-state index is 12.4. The number of hydrogen-bond acceptors (Lipinski definition) is 3. The zero-order valence-electron chi connectivity index (χ0n) is 16.3. The number of nitrogens with one attached hydrogen (secondary N) is 2. The zero-order chi connectivity index (χ0) is 20.9. The van der Waals surface area contributed by atoms with Crippen LogP contribution in [-0.2, 0) is 0 Å². The first-order valence-corrected chi connectivity index (χ1v) is 9.80. The number of H-pyrrole nitrogens is 1. The lowest BCUT2D eigenvalue weighted by Gasteiger charge is -2.03. The molecule has 0 radical (unpaired) electrons. The highest BCUT2D eigenvalue weighted by Gasteiger charge is 2.11. The van der Waals surface area contributed by atoms with Crippen molar-refractivity contribution in [2.24, 2.45) is 5.10 Å². The van der Waals surface area contributed by atoms with Crippen LogP contribution in [0.2, 0.25) is 5.02 Å². The van der Waals surface area contributed by atoms with Gasteiger partial charge in [0.25, 0.3) is 5.91 Å². The molecule has 148 valence electrons. The molecule has 30 heavy (non-hydrogen) atoms. The average molecular weight is 415 g/mol. The molecule has 4 aromatic rings. The number of benzene rings is 3. The minimum Gasteiger partial charge on any atom is -0.272 e. The summed E-state index contributed by atoms with van der Waals surface area (Å²) >= 11 is 6.16. The number of hydrogen-bond donors (Lipinski definition) is 2. The van der Waals surface area contributed by atoms with E-state index < -0.39 is 0 Å². The summed E-state index contributed by atoms with van der Waals surface area (Å²) in [7, 11) is 0. The molecule has 0 atom stereocenters. The molecule has 0 fully saturated rings. The van der Waals surface area contributed by atoms with E-state index in [1.54, 1.807) is 19.1 Å². The average Bonchev–Trinajstić information content (AvgIpc) is 3.29. The Bertz CT molecular complexity index is 1200. The van der Waals surface area contributed by atoms with E-state index in [-0.39, 0.29) is 5.91 Å². The standard InChI is InChI=1S/C24H19ClN4O/c1-16(20-9-5-6-10-21(20)25)26-29-24(30)23-15-22(27-28-23)19-13-11-18(12-14-19)17-7-3-2-4-8-17/h2-15H,1H3,(H,27,28)(H,29,30)/b26-16-. The Morgan fingerprint density at radius 1 is 0.900 bits per heavy atom. The van der Waals surface area contributed by atoms with Crippen molar-refractivity contribution < 1.29 is 4.79 Å². The fourth-order valence-electron chi connectivity index (χ4n) is 3.06. The summed E-state index contributed by atoms with van der Waals surface area (Å²) in [4.78, 5) is 12.4. The molecule has 0 saturated heterocycles. The van der Waals surface area contributed by atoms with Crippen LogP contribution in [0.1, 0.15) is 23.0 Å². The van der Waals surface area contributed by atoms with E-state index in [1.807, 2.05) is 60.7 Å². The first kappa shape index (κ1) is 19.6. The van der Waals surface area contributed by atoms with E-state index in [4.69, 9.17) is 11.6 Å². The van der Waals surface area contributed by atoms with Gasteiger partial charge in [-0.15, -0.1) is 0 Å². The first-order valence-electron chi connectivity index (χ1n) is 9.42. The molecule has 0 aliphatic heterocycles. The van der Waals surface area contributed by atoms with Crippen LogP contribution >= 0.6 is 11.6 Å². The quantitative estimate of drug-likeness (QED) is 0.332. The number of carbonyl (C=O) groups is 1. The van der Waals surface area contributed by atoms with Crippen LogP contribution in [0.15, 0.2) is 90.0 Å². The van der Waals surface area contributed by atoms with Gasteiger partial charge in [0.2, 0.25) is 0 Å². The Kier molecular flexibility index (Phi) is 5.72. The predicted octanol–water partition coefficient (Wildman–Crippen LogP) is 5.55. The highest BCUT2D eigenvalue weighted by Crippen LogP contribution is 2.24. The molecule has 4 rings (SSSR count). The number of carbonyl (C=O) groups excluding carboxylic acids is 1. The molecule has 0 unspecified atom stereocenters. The van der Waals surface area contributed by atoms with E-state index in [0.29, 0.717) is 22.1 Å². The van der Waals surface area contributed by atoms with Crippen LogP contribution in [0, 0.1) is 0 Å². The molecule has 0 spiro atoms. The van der Waals surface area contributed by atoms with Crippen molar-refractivity contribution in [3.63, 3.8) is 0 Å². The largest absolute Gasteiger partial charge is 0.289 e. The van der Waals surface area contributed by atoms with Gasteiger partial charge in [0.1, 0.15) is 5.69 Å². The lowest BCUT2D eigenvalue weighted by atomic mass is 10.0. The molecule has 1 heterocycles. The molecular formula is C24H19ClN4O. The van der Waals surface area contributed by atoms with E-state index in [9.17, 15) is 4.79 Å². The molecule has 5 nitrogen and oxygen atoms in total. The van der Waals surface area contributed by atoms with E-state index >= 15 is 0 Å². The summed E-state index contributed by atoms with van der Waals surface area (Å²) in [5.41, 5.74) is 8.13. The predicted molar refractivity (Wildman–Crippen MR) is 121 cm³/mol. The number of aromatic nitrogens is 2. The molecule has 0 saturated carbocycles. The van der Waals surface area contributed by atoms with Crippen molar-refractivity contribution >= 4 is 23.2 Å². The third-order valence-electron chi connectivity index (χ3n) is 4.70. The van der Waals surface area contributed by atoms with E-state index in [1.165, 1.54) is 0 Å². The lowest BCUT2D eigenvalue weighted by Crippen LogP contribution is -2.19. The van der Waals surface area contributed by atoms with Crippen LogP contribution in [0.4, 0.5) is 0 Å². The van der Waals surface area contributed by atoms with Gasteiger partial charge < -0.3 is 0 Å². The maximum Gasteiger partial charge on any atom is 0.289 e. The van der Waals surface area contributed by atoms with Crippen molar-refractivity contribution in [2.75, 3.05) is 0 Å². The van der Waals surface area contributed by atoms with E-state index in [2.05, 4.69) is 32.9 Å². The zero-order valence-corrected chi connectivity index (χ0v) is 17.0. The summed E-state index contributed by atoms with van der Waals surface area (Å²) in [6, 6.07) is 27.2. The molecule has 2 N–H and O–H groups in total. The SMILES string of the molecule is C/C(=N/NC(=O)c1cc(-c2ccc(-c3ccccc3)cc2)n[nH]1)c1ccccc1Cl. The van der Waals surface area contributed by atoms with Crippen LogP contribution in [0.25, 0.3) is 22.4 Å². The van der Waals surface area contributed by atoms with Crippen LogP contribution in [-0.4, -0.2) is 21.8 Å². The van der Waals surface area contributed by atoms with Crippen molar-refractivity contribution in [2.45, 2.75) is 6.92 Å².